The van der Waals surface area contributed by atoms with Crippen LogP contribution in [0.4, 0.5) is 10.8 Å². The molecule has 0 aliphatic heterocycles. The number of hydrogen-bond donors (Lipinski definition) is 3. The number of primary amides is 1. The van der Waals surface area contributed by atoms with Gasteiger partial charge in [-0.1, -0.05) is 29.2 Å². The fraction of sp³-hybridized carbons (Fsp3) is 0.200. The molecule has 1 aromatic carbocycles. The second-order valence-electron chi connectivity index (χ2n) is 4.73. The largest absolute Gasteiger partial charge is 0.366 e. The first-order valence-electron chi connectivity index (χ1n) is 7.05. The van der Waals surface area contributed by atoms with Gasteiger partial charge in [-0.25, -0.2) is 0 Å². The number of rotatable bonds is 8. The predicted molar refractivity (Wildman–Crippen MR) is 97.5 cm³/mol. The summed E-state index contributed by atoms with van der Waals surface area (Å²) in [6.07, 6.45) is 1.73. The van der Waals surface area contributed by atoms with Gasteiger partial charge in [0.2, 0.25) is 16.9 Å². The number of aromatic nitrogens is 2. The molecule has 0 radical (unpaired) electrons. The predicted octanol–water partition coefficient (Wildman–Crippen LogP) is 2.35. The lowest BCUT2D eigenvalue weighted by Crippen LogP contribution is -2.22. The van der Waals surface area contributed by atoms with Gasteiger partial charge >= 0.3 is 0 Å². The fourth-order valence-corrected chi connectivity index (χ4v) is 3.56. The van der Waals surface area contributed by atoms with E-state index in [4.69, 9.17) is 5.73 Å². The van der Waals surface area contributed by atoms with Gasteiger partial charge in [0.25, 0.3) is 0 Å². The molecule has 0 aliphatic carbocycles. The maximum Gasteiger partial charge on any atom is 0.248 e. The summed E-state index contributed by atoms with van der Waals surface area (Å²) in [5, 5.41) is 14.2. The van der Waals surface area contributed by atoms with Gasteiger partial charge in [-0.3, -0.25) is 9.59 Å². The molecule has 1 aromatic heterocycles. The van der Waals surface area contributed by atoms with Gasteiger partial charge in [0.15, 0.2) is 4.34 Å². The first-order chi connectivity index (χ1) is 11.5. The van der Waals surface area contributed by atoms with E-state index in [1.807, 2.05) is 0 Å². The van der Waals surface area contributed by atoms with Crippen molar-refractivity contribution in [2.75, 3.05) is 17.2 Å². The van der Waals surface area contributed by atoms with Crippen molar-refractivity contribution in [2.45, 2.75) is 16.5 Å². The van der Waals surface area contributed by atoms with Crippen LogP contribution in [0.15, 0.2) is 41.3 Å². The molecule has 1 atom stereocenters. The molecule has 24 heavy (non-hydrogen) atoms. The van der Waals surface area contributed by atoms with Crippen LogP contribution in [0.25, 0.3) is 0 Å². The minimum atomic E-state index is -0.506. The zero-order valence-corrected chi connectivity index (χ0v) is 14.6. The summed E-state index contributed by atoms with van der Waals surface area (Å²) in [5.74, 6) is -0.670. The number of nitrogens with one attached hydrogen (secondary N) is 2. The number of thioether (sulfide) groups is 1. The number of hydrogen-bond acceptors (Lipinski definition) is 7. The molecule has 126 valence electrons. The number of carbonyl (C=O) groups excluding carboxylic acids is 2. The van der Waals surface area contributed by atoms with E-state index in [-0.39, 0.29) is 11.2 Å². The van der Waals surface area contributed by atoms with E-state index in [0.29, 0.717) is 27.3 Å². The van der Waals surface area contributed by atoms with Crippen LogP contribution in [-0.4, -0.2) is 33.8 Å². The first-order valence-corrected chi connectivity index (χ1v) is 8.75. The van der Waals surface area contributed by atoms with Crippen molar-refractivity contribution in [1.82, 2.24) is 10.2 Å². The quantitative estimate of drug-likeness (QED) is 0.490. The Kier molecular flexibility index (Phi) is 6.33. The highest BCUT2D eigenvalue weighted by Gasteiger charge is 2.17. The van der Waals surface area contributed by atoms with E-state index < -0.39 is 5.91 Å². The Hall–Kier alpha value is -2.39. The number of benzene rings is 1. The molecule has 2 aromatic rings. The van der Waals surface area contributed by atoms with Crippen molar-refractivity contribution in [3.63, 3.8) is 0 Å². The number of amides is 2. The van der Waals surface area contributed by atoms with Crippen LogP contribution in [0.5, 0.6) is 0 Å². The molecule has 1 heterocycles. The van der Waals surface area contributed by atoms with E-state index in [0.717, 1.165) is 0 Å². The zero-order valence-electron chi connectivity index (χ0n) is 13.0. The molecular formula is C15H17N5O2S2. The third kappa shape index (κ3) is 5.07. The van der Waals surface area contributed by atoms with Gasteiger partial charge in [0.05, 0.1) is 5.25 Å². The molecule has 0 saturated carbocycles. The maximum absolute atomic E-state index is 12.2. The van der Waals surface area contributed by atoms with E-state index >= 15 is 0 Å². The second kappa shape index (κ2) is 8.46. The normalized spacial score (nSPS) is 11.5. The summed E-state index contributed by atoms with van der Waals surface area (Å²) in [5.41, 5.74) is 6.17. The molecule has 2 rings (SSSR count). The van der Waals surface area contributed by atoms with Crippen molar-refractivity contribution in [2.24, 2.45) is 5.73 Å². The molecule has 4 N–H and O–H groups in total. The molecule has 0 unspecified atom stereocenters. The van der Waals surface area contributed by atoms with Crippen molar-refractivity contribution >= 4 is 45.7 Å². The van der Waals surface area contributed by atoms with Crippen molar-refractivity contribution in [3.8, 4) is 0 Å². The maximum atomic E-state index is 12.2. The summed E-state index contributed by atoms with van der Waals surface area (Å²) in [6, 6.07) is 6.41. The van der Waals surface area contributed by atoms with Gasteiger partial charge in [-0.15, -0.1) is 16.8 Å². The van der Waals surface area contributed by atoms with E-state index in [9.17, 15) is 9.59 Å². The van der Waals surface area contributed by atoms with Crippen LogP contribution in [0.2, 0.25) is 0 Å². The zero-order chi connectivity index (χ0) is 17.5. The highest BCUT2D eigenvalue weighted by atomic mass is 32.2. The monoisotopic (exact) mass is 363 g/mol. The molecule has 0 fully saturated rings. The highest BCUT2D eigenvalue weighted by Crippen LogP contribution is 2.29. The lowest BCUT2D eigenvalue weighted by molar-refractivity contribution is -0.115. The lowest BCUT2D eigenvalue weighted by Gasteiger charge is -2.10. The van der Waals surface area contributed by atoms with Crippen LogP contribution in [0.1, 0.15) is 17.3 Å². The van der Waals surface area contributed by atoms with Gasteiger partial charge in [0.1, 0.15) is 0 Å². The van der Waals surface area contributed by atoms with Gasteiger partial charge in [-0.05, 0) is 31.2 Å². The minimum Gasteiger partial charge on any atom is -0.366 e. The third-order valence-electron chi connectivity index (χ3n) is 2.89. The smallest absolute Gasteiger partial charge is 0.248 e. The van der Waals surface area contributed by atoms with E-state index in [1.165, 1.54) is 23.1 Å². The Labute approximate surface area is 147 Å². The number of anilines is 2. The molecule has 7 nitrogen and oxygen atoms in total. The highest BCUT2D eigenvalue weighted by molar-refractivity contribution is 8.02. The van der Waals surface area contributed by atoms with Crippen LogP contribution in [0.3, 0.4) is 0 Å². The van der Waals surface area contributed by atoms with Crippen LogP contribution < -0.4 is 16.4 Å². The van der Waals surface area contributed by atoms with E-state index in [1.54, 1.807) is 37.3 Å². The fourth-order valence-electron chi connectivity index (χ4n) is 1.65. The SMILES string of the molecule is C=CCNc1nnc(S[C@@H](C)C(=O)Nc2ccc(C(N)=O)cc2)s1. The van der Waals surface area contributed by atoms with Gasteiger partial charge in [-0.2, -0.15) is 0 Å². The topological polar surface area (TPSA) is 110 Å². The standard InChI is InChI=1S/C15H17N5O2S2/c1-3-8-17-14-19-20-15(24-14)23-9(2)13(22)18-11-6-4-10(5-7-11)12(16)21/h3-7,9H,1,8H2,2H3,(H2,16,21)(H,17,19)(H,18,22)/t9-/m0/s1. The number of nitrogens with two attached hydrogens (primary N) is 1. The van der Waals surface area contributed by atoms with Crippen molar-refractivity contribution in [3.05, 3.63) is 42.5 Å². The molecule has 2 amide bonds. The summed E-state index contributed by atoms with van der Waals surface area (Å²) in [6.45, 7) is 6.01. The van der Waals surface area contributed by atoms with Crippen molar-refractivity contribution in [1.29, 1.82) is 0 Å². The van der Waals surface area contributed by atoms with Crippen molar-refractivity contribution < 1.29 is 9.59 Å². The molecule has 0 saturated heterocycles. The lowest BCUT2D eigenvalue weighted by atomic mass is 10.2. The molecule has 9 heteroatoms. The summed E-state index contributed by atoms with van der Waals surface area (Å²) < 4.78 is 0.702. The Bertz CT molecular complexity index is 730. The number of nitrogens with zero attached hydrogens (tertiary/aromatic N) is 2. The average molecular weight is 363 g/mol. The van der Waals surface area contributed by atoms with Crippen LogP contribution >= 0.6 is 23.1 Å². The Morgan fingerprint density at radius 3 is 2.71 bits per heavy atom. The van der Waals surface area contributed by atoms with E-state index in [2.05, 4.69) is 27.4 Å². The molecule has 0 spiro atoms. The van der Waals surface area contributed by atoms with Crippen LogP contribution in [0, 0.1) is 0 Å². The summed E-state index contributed by atoms with van der Waals surface area (Å²) >= 11 is 2.71. The summed E-state index contributed by atoms with van der Waals surface area (Å²) in [7, 11) is 0. The Morgan fingerprint density at radius 2 is 2.08 bits per heavy atom. The first kappa shape index (κ1) is 18.0. The molecule has 0 aliphatic rings. The summed E-state index contributed by atoms with van der Waals surface area (Å²) in [4.78, 5) is 23.2. The van der Waals surface area contributed by atoms with Gasteiger partial charge < -0.3 is 16.4 Å². The Morgan fingerprint density at radius 1 is 1.38 bits per heavy atom. The minimum absolute atomic E-state index is 0.164. The van der Waals surface area contributed by atoms with Crippen LogP contribution in [-0.2, 0) is 4.79 Å². The van der Waals surface area contributed by atoms with Gasteiger partial charge in [0, 0.05) is 17.8 Å². The second-order valence-corrected chi connectivity index (χ2v) is 7.30. The third-order valence-corrected chi connectivity index (χ3v) is 4.95. The number of carbonyl (C=O) groups is 2. The average Bonchev–Trinajstić information content (AvgIpc) is 3.00. The molecule has 0 bridgehead atoms. The Balaban J connectivity index is 1.90. The molecular weight excluding hydrogens is 346 g/mol.